The second-order valence-electron chi connectivity index (χ2n) is 5.05. The SMILES string of the molecule is c1cc(-c2noc(-c3cnn(CC4CC4)c3)n2)ccn1. The maximum absolute atomic E-state index is 5.30. The zero-order chi connectivity index (χ0) is 13.4. The molecule has 20 heavy (non-hydrogen) atoms. The van der Waals surface area contributed by atoms with Gasteiger partial charge in [-0.25, -0.2) is 0 Å². The van der Waals surface area contributed by atoms with Gasteiger partial charge in [-0.1, -0.05) is 5.16 Å². The molecule has 3 heterocycles. The summed E-state index contributed by atoms with van der Waals surface area (Å²) in [6, 6.07) is 3.70. The largest absolute Gasteiger partial charge is 0.333 e. The lowest BCUT2D eigenvalue weighted by Crippen LogP contribution is -1.98. The Morgan fingerprint density at radius 3 is 2.85 bits per heavy atom. The van der Waals surface area contributed by atoms with Gasteiger partial charge in [0.2, 0.25) is 5.82 Å². The van der Waals surface area contributed by atoms with Crippen LogP contribution in [0.1, 0.15) is 12.8 Å². The molecule has 0 unspecified atom stereocenters. The Balaban J connectivity index is 1.59. The Hall–Kier alpha value is -2.50. The summed E-state index contributed by atoms with van der Waals surface area (Å²) in [5.41, 5.74) is 1.75. The van der Waals surface area contributed by atoms with E-state index in [1.807, 2.05) is 23.0 Å². The molecule has 0 bridgehead atoms. The van der Waals surface area contributed by atoms with E-state index in [1.165, 1.54) is 12.8 Å². The molecule has 0 N–H and O–H groups in total. The molecule has 0 radical (unpaired) electrons. The number of hydrogen-bond acceptors (Lipinski definition) is 5. The van der Waals surface area contributed by atoms with E-state index in [0.717, 1.165) is 23.6 Å². The Morgan fingerprint density at radius 2 is 2.05 bits per heavy atom. The highest BCUT2D eigenvalue weighted by Gasteiger charge is 2.22. The molecular formula is C14H13N5O. The highest BCUT2D eigenvalue weighted by atomic mass is 16.5. The molecule has 0 amide bonds. The minimum Gasteiger partial charge on any atom is -0.333 e. The number of pyridine rings is 1. The van der Waals surface area contributed by atoms with E-state index >= 15 is 0 Å². The minimum absolute atomic E-state index is 0.499. The second-order valence-corrected chi connectivity index (χ2v) is 5.05. The first-order valence-corrected chi connectivity index (χ1v) is 6.65. The third-order valence-corrected chi connectivity index (χ3v) is 3.39. The molecule has 1 aliphatic rings. The van der Waals surface area contributed by atoms with Gasteiger partial charge in [-0.05, 0) is 30.9 Å². The van der Waals surface area contributed by atoms with Gasteiger partial charge in [0.15, 0.2) is 0 Å². The summed E-state index contributed by atoms with van der Waals surface area (Å²) in [5, 5.41) is 8.33. The average molecular weight is 267 g/mol. The molecule has 1 fully saturated rings. The molecule has 0 spiro atoms. The maximum atomic E-state index is 5.30. The van der Waals surface area contributed by atoms with Crippen LogP contribution >= 0.6 is 0 Å². The highest BCUT2D eigenvalue weighted by molar-refractivity contribution is 5.58. The van der Waals surface area contributed by atoms with Crippen molar-refractivity contribution in [3.63, 3.8) is 0 Å². The Kier molecular flexibility index (Phi) is 2.58. The molecule has 0 saturated heterocycles. The maximum Gasteiger partial charge on any atom is 0.261 e. The number of hydrogen-bond donors (Lipinski definition) is 0. The van der Waals surface area contributed by atoms with Crippen molar-refractivity contribution in [1.82, 2.24) is 24.9 Å². The van der Waals surface area contributed by atoms with Gasteiger partial charge in [0.05, 0.1) is 11.8 Å². The molecule has 1 saturated carbocycles. The first kappa shape index (κ1) is 11.3. The van der Waals surface area contributed by atoms with Crippen LogP contribution in [0.3, 0.4) is 0 Å². The van der Waals surface area contributed by atoms with E-state index in [2.05, 4.69) is 20.2 Å². The van der Waals surface area contributed by atoms with Crippen LogP contribution < -0.4 is 0 Å². The van der Waals surface area contributed by atoms with Gasteiger partial charge < -0.3 is 4.52 Å². The van der Waals surface area contributed by atoms with Crippen molar-refractivity contribution in [2.45, 2.75) is 19.4 Å². The standard InChI is InChI=1S/C14H13N5O/c1-2-10(1)8-19-9-12(7-16-19)14-17-13(18-20-14)11-3-5-15-6-4-11/h3-7,9-10H,1-2,8H2. The smallest absolute Gasteiger partial charge is 0.261 e. The van der Waals surface area contributed by atoms with Crippen molar-refractivity contribution >= 4 is 0 Å². The van der Waals surface area contributed by atoms with Gasteiger partial charge in [0, 0.05) is 30.7 Å². The molecular weight excluding hydrogens is 254 g/mol. The quantitative estimate of drug-likeness (QED) is 0.726. The van der Waals surface area contributed by atoms with Crippen molar-refractivity contribution in [1.29, 1.82) is 0 Å². The third kappa shape index (κ3) is 2.20. The van der Waals surface area contributed by atoms with Crippen molar-refractivity contribution in [2.75, 3.05) is 0 Å². The van der Waals surface area contributed by atoms with E-state index in [1.54, 1.807) is 18.6 Å². The van der Waals surface area contributed by atoms with E-state index in [0.29, 0.717) is 11.7 Å². The molecule has 4 rings (SSSR count). The van der Waals surface area contributed by atoms with Crippen LogP contribution in [0.5, 0.6) is 0 Å². The van der Waals surface area contributed by atoms with Crippen LogP contribution in [0.15, 0.2) is 41.4 Å². The van der Waals surface area contributed by atoms with Crippen LogP contribution in [0.25, 0.3) is 22.8 Å². The van der Waals surface area contributed by atoms with Gasteiger partial charge in [-0.15, -0.1) is 0 Å². The number of rotatable bonds is 4. The van der Waals surface area contributed by atoms with Crippen LogP contribution in [0.4, 0.5) is 0 Å². The van der Waals surface area contributed by atoms with Crippen molar-refractivity contribution in [2.24, 2.45) is 5.92 Å². The molecule has 3 aromatic rings. The average Bonchev–Trinajstić information content (AvgIpc) is 2.99. The third-order valence-electron chi connectivity index (χ3n) is 3.39. The predicted octanol–water partition coefficient (Wildman–Crippen LogP) is 2.41. The van der Waals surface area contributed by atoms with E-state index in [4.69, 9.17) is 4.52 Å². The first-order valence-electron chi connectivity index (χ1n) is 6.65. The van der Waals surface area contributed by atoms with E-state index in [-0.39, 0.29) is 0 Å². The summed E-state index contributed by atoms with van der Waals surface area (Å²) in [4.78, 5) is 8.37. The summed E-state index contributed by atoms with van der Waals surface area (Å²) in [5.74, 6) is 1.86. The van der Waals surface area contributed by atoms with Crippen molar-refractivity contribution < 1.29 is 4.52 Å². The molecule has 0 atom stereocenters. The van der Waals surface area contributed by atoms with Crippen molar-refractivity contribution in [3.8, 4) is 22.8 Å². The Labute approximate surface area is 115 Å². The van der Waals surface area contributed by atoms with Crippen LogP contribution in [-0.4, -0.2) is 24.9 Å². The molecule has 0 aliphatic heterocycles. The summed E-state index contributed by atoms with van der Waals surface area (Å²) >= 11 is 0. The van der Waals surface area contributed by atoms with Gasteiger partial charge in [0.25, 0.3) is 5.89 Å². The van der Waals surface area contributed by atoms with Crippen molar-refractivity contribution in [3.05, 3.63) is 36.9 Å². The monoisotopic (exact) mass is 267 g/mol. The summed E-state index contributed by atoms with van der Waals surface area (Å²) in [7, 11) is 0. The zero-order valence-electron chi connectivity index (χ0n) is 10.8. The predicted molar refractivity (Wildman–Crippen MR) is 71.5 cm³/mol. The lowest BCUT2D eigenvalue weighted by molar-refractivity contribution is 0.432. The highest BCUT2D eigenvalue weighted by Crippen LogP contribution is 2.31. The van der Waals surface area contributed by atoms with Gasteiger partial charge in [-0.2, -0.15) is 10.1 Å². The fourth-order valence-corrected chi connectivity index (χ4v) is 2.10. The second kappa shape index (κ2) is 4.56. The zero-order valence-corrected chi connectivity index (χ0v) is 10.8. The van der Waals surface area contributed by atoms with Gasteiger partial charge in [-0.3, -0.25) is 9.67 Å². The van der Waals surface area contributed by atoms with Crippen LogP contribution in [0.2, 0.25) is 0 Å². The fourth-order valence-electron chi connectivity index (χ4n) is 2.10. The van der Waals surface area contributed by atoms with E-state index in [9.17, 15) is 0 Å². The Bertz CT molecular complexity index is 714. The van der Waals surface area contributed by atoms with Gasteiger partial charge in [0.1, 0.15) is 0 Å². The van der Waals surface area contributed by atoms with Crippen LogP contribution in [-0.2, 0) is 6.54 Å². The fraction of sp³-hybridized carbons (Fsp3) is 0.286. The van der Waals surface area contributed by atoms with Gasteiger partial charge >= 0.3 is 0 Å². The first-order chi connectivity index (χ1) is 9.88. The van der Waals surface area contributed by atoms with Crippen LogP contribution in [0, 0.1) is 5.92 Å². The lowest BCUT2D eigenvalue weighted by atomic mass is 10.2. The molecule has 100 valence electrons. The summed E-state index contributed by atoms with van der Waals surface area (Å²) in [6.45, 7) is 0.978. The summed E-state index contributed by atoms with van der Waals surface area (Å²) in [6.07, 6.45) is 9.76. The Morgan fingerprint density at radius 1 is 1.20 bits per heavy atom. The lowest BCUT2D eigenvalue weighted by Gasteiger charge is -1.95. The summed E-state index contributed by atoms with van der Waals surface area (Å²) < 4.78 is 7.25. The molecule has 0 aromatic carbocycles. The molecule has 3 aromatic heterocycles. The number of nitrogens with zero attached hydrogens (tertiary/aromatic N) is 5. The number of aromatic nitrogens is 5. The van der Waals surface area contributed by atoms with E-state index < -0.39 is 0 Å². The minimum atomic E-state index is 0.499. The molecule has 6 nitrogen and oxygen atoms in total. The topological polar surface area (TPSA) is 69.6 Å². The molecule has 6 heteroatoms. The molecule has 1 aliphatic carbocycles. The normalized spacial score (nSPS) is 14.6.